The van der Waals surface area contributed by atoms with Crippen LogP contribution < -0.4 is 24.8 Å². The molecule has 2 atom stereocenters. The molecule has 0 bridgehead atoms. The van der Waals surface area contributed by atoms with Gasteiger partial charge < -0.3 is 24.8 Å². The predicted octanol–water partition coefficient (Wildman–Crippen LogP) is -2.04. The van der Waals surface area contributed by atoms with E-state index in [4.69, 9.17) is 0 Å². The molecule has 0 saturated carbocycles. The number of hydrogen-bond acceptors (Lipinski definition) is 0. The molecule has 0 spiro atoms. The van der Waals surface area contributed by atoms with Gasteiger partial charge >= 0.3 is 0 Å². The van der Waals surface area contributed by atoms with E-state index >= 15 is 0 Å². The van der Waals surface area contributed by atoms with Gasteiger partial charge in [0.1, 0.15) is 34.5 Å². The van der Waals surface area contributed by atoms with E-state index < -0.39 is 0 Å². The van der Waals surface area contributed by atoms with Crippen LogP contribution in [0.1, 0.15) is 39.5 Å². The zero-order chi connectivity index (χ0) is 14.0. The van der Waals surface area contributed by atoms with Crippen molar-refractivity contribution in [1.29, 1.82) is 0 Å². The van der Waals surface area contributed by atoms with E-state index in [1.807, 2.05) is 0 Å². The highest BCUT2D eigenvalue weighted by Crippen LogP contribution is 2.38. The molecule has 2 heterocycles. The summed E-state index contributed by atoms with van der Waals surface area (Å²) >= 11 is 0. The highest BCUT2D eigenvalue weighted by atomic mass is 35.5. The van der Waals surface area contributed by atoms with Crippen molar-refractivity contribution in [3.05, 3.63) is 23.8 Å². The van der Waals surface area contributed by atoms with Crippen LogP contribution in [0.25, 0.3) is 0 Å². The van der Waals surface area contributed by atoms with E-state index in [-0.39, 0.29) is 24.8 Å². The SMILES string of the molecule is CC1C=C(C[S+]2CCCC2)C=CC1(C)C[S+]1CCCC1.[Cl-].[Cl-]. The second-order valence-electron chi connectivity index (χ2n) is 7.11. The van der Waals surface area contributed by atoms with Gasteiger partial charge in [-0.25, -0.2) is 0 Å². The molecule has 0 nitrogen and oxygen atoms in total. The molecule has 3 rings (SSSR count). The van der Waals surface area contributed by atoms with Crippen LogP contribution in [0.3, 0.4) is 0 Å². The van der Waals surface area contributed by atoms with Gasteiger partial charge in [-0.1, -0.05) is 32.1 Å². The maximum Gasteiger partial charge on any atom is 0.132 e. The molecule has 2 unspecified atom stereocenters. The van der Waals surface area contributed by atoms with Gasteiger partial charge in [0.2, 0.25) is 0 Å². The zero-order valence-electron chi connectivity index (χ0n) is 14.0. The predicted molar refractivity (Wildman–Crippen MR) is 96.9 cm³/mol. The molecule has 3 aliphatic rings. The number of halogens is 2. The molecule has 0 aromatic heterocycles. The van der Waals surface area contributed by atoms with Gasteiger partial charge in [0.15, 0.2) is 0 Å². The molecular formula is C18H30Cl2S2. The molecule has 2 aliphatic heterocycles. The fourth-order valence-electron chi connectivity index (χ4n) is 3.69. The Hall–Kier alpha value is 0.760. The normalized spacial score (nSPS) is 32.5. The molecular weight excluding hydrogens is 351 g/mol. The summed E-state index contributed by atoms with van der Waals surface area (Å²) in [6, 6.07) is 0. The van der Waals surface area contributed by atoms with Crippen molar-refractivity contribution in [3.8, 4) is 0 Å². The summed E-state index contributed by atoms with van der Waals surface area (Å²) < 4.78 is 0. The van der Waals surface area contributed by atoms with Crippen LogP contribution in [0.4, 0.5) is 0 Å². The Morgan fingerprint density at radius 1 is 1.00 bits per heavy atom. The summed E-state index contributed by atoms with van der Waals surface area (Å²) in [6.07, 6.45) is 13.6. The highest BCUT2D eigenvalue weighted by molar-refractivity contribution is 7.97. The Balaban J connectivity index is 0.00000121. The quantitative estimate of drug-likeness (QED) is 0.493. The summed E-state index contributed by atoms with van der Waals surface area (Å²) in [5.74, 6) is 9.58. The van der Waals surface area contributed by atoms with E-state index in [1.54, 1.807) is 5.57 Å². The third-order valence-corrected chi connectivity index (χ3v) is 10.5. The summed E-state index contributed by atoms with van der Waals surface area (Å²) in [4.78, 5) is 0. The first kappa shape index (κ1) is 20.8. The summed E-state index contributed by atoms with van der Waals surface area (Å²) in [5.41, 5.74) is 2.09. The molecule has 0 aromatic rings. The average molecular weight is 381 g/mol. The minimum Gasteiger partial charge on any atom is -1.00 e. The van der Waals surface area contributed by atoms with Gasteiger partial charge in [0, 0.05) is 5.41 Å². The van der Waals surface area contributed by atoms with Gasteiger partial charge in [-0.2, -0.15) is 0 Å². The van der Waals surface area contributed by atoms with Gasteiger partial charge in [-0.05, 0) is 59.0 Å². The lowest BCUT2D eigenvalue weighted by Crippen LogP contribution is -3.00. The Morgan fingerprint density at radius 3 is 2.09 bits per heavy atom. The minimum absolute atomic E-state index is 0. The first-order chi connectivity index (χ1) is 9.66. The summed E-state index contributed by atoms with van der Waals surface area (Å²) in [6.45, 7) is 4.96. The third-order valence-electron chi connectivity index (χ3n) is 5.30. The van der Waals surface area contributed by atoms with E-state index in [2.05, 4.69) is 32.1 Å². The van der Waals surface area contributed by atoms with Gasteiger partial charge in [0.05, 0.1) is 0 Å². The number of rotatable bonds is 4. The monoisotopic (exact) mass is 380 g/mol. The van der Waals surface area contributed by atoms with Crippen molar-refractivity contribution in [2.45, 2.75) is 39.5 Å². The van der Waals surface area contributed by atoms with E-state index in [9.17, 15) is 0 Å². The lowest BCUT2D eigenvalue weighted by Gasteiger charge is -2.32. The number of hydrogen-bond donors (Lipinski definition) is 0. The summed E-state index contributed by atoms with van der Waals surface area (Å²) in [5, 5.41) is 0. The zero-order valence-corrected chi connectivity index (χ0v) is 17.1. The fourth-order valence-corrected chi connectivity index (χ4v) is 9.02. The van der Waals surface area contributed by atoms with Crippen molar-refractivity contribution in [3.63, 3.8) is 0 Å². The standard InChI is InChI=1S/C18H30S2.2ClH/c1-16-13-17(14-19-9-3-4-10-19)7-8-18(16,2)15-20-11-5-6-12-20;;/h7-8,13,16H,3-6,9-12,14-15H2,1-2H3;2*1H/q+2;;/p-2. The van der Waals surface area contributed by atoms with Crippen molar-refractivity contribution in [1.82, 2.24) is 0 Å². The largest absolute Gasteiger partial charge is 1.00 e. The Kier molecular flexibility index (Phi) is 8.79. The molecule has 0 N–H and O–H groups in total. The second-order valence-corrected chi connectivity index (χ2v) is 11.8. The first-order valence-corrected chi connectivity index (χ1v) is 11.8. The second kappa shape index (κ2) is 9.30. The molecule has 4 heteroatoms. The Bertz CT molecular complexity index is 396. The summed E-state index contributed by atoms with van der Waals surface area (Å²) in [7, 11) is 1.43. The molecule has 0 radical (unpaired) electrons. The van der Waals surface area contributed by atoms with Crippen LogP contribution in [-0.4, -0.2) is 34.5 Å². The molecule has 22 heavy (non-hydrogen) atoms. The van der Waals surface area contributed by atoms with Crippen molar-refractivity contribution < 1.29 is 24.8 Å². The molecule has 2 fully saturated rings. The van der Waals surface area contributed by atoms with Crippen LogP contribution in [0.2, 0.25) is 0 Å². The van der Waals surface area contributed by atoms with Crippen molar-refractivity contribution in [2.24, 2.45) is 11.3 Å². The van der Waals surface area contributed by atoms with E-state index in [0.29, 0.717) is 16.3 Å². The van der Waals surface area contributed by atoms with Gasteiger partial charge in [-0.15, -0.1) is 0 Å². The van der Waals surface area contributed by atoms with Gasteiger partial charge in [0.25, 0.3) is 0 Å². The third kappa shape index (κ3) is 5.13. The van der Waals surface area contributed by atoms with Crippen LogP contribution in [0, 0.1) is 11.3 Å². The minimum atomic E-state index is 0. The smallest absolute Gasteiger partial charge is 0.132 e. The van der Waals surface area contributed by atoms with Crippen molar-refractivity contribution in [2.75, 3.05) is 34.5 Å². The molecule has 1 aliphatic carbocycles. The Labute approximate surface area is 155 Å². The lowest BCUT2D eigenvalue weighted by atomic mass is 9.75. The molecule has 0 amide bonds. The molecule has 2 saturated heterocycles. The topological polar surface area (TPSA) is 0 Å². The first-order valence-electron chi connectivity index (χ1n) is 8.34. The lowest BCUT2D eigenvalue weighted by molar-refractivity contribution is -0.001000. The van der Waals surface area contributed by atoms with Crippen LogP contribution >= 0.6 is 0 Å². The fraction of sp³-hybridized carbons (Fsp3) is 0.778. The maximum atomic E-state index is 2.62. The van der Waals surface area contributed by atoms with E-state index in [0.717, 1.165) is 16.8 Å². The van der Waals surface area contributed by atoms with Crippen molar-refractivity contribution >= 4 is 21.8 Å². The number of allylic oxidation sites excluding steroid dienone is 3. The molecule has 128 valence electrons. The van der Waals surface area contributed by atoms with Gasteiger partial charge in [-0.3, -0.25) is 0 Å². The maximum absolute atomic E-state index is 2.62. The highest BCUT2D eigenvalue weighted by Gasteiger charge is 2.39. The Morgan fingerprint density at radius 2 is 1.55 bits per heavy atom. The molecule has 0 aromatic carbocycles. The van der Waals surface area contributed by atoms with E-state index in [1.165, 1.54) is 60.2 Å². The van der Waals surface area contributed by atoms with Crippen LogP contribution in [0.5, 0.6) is 0 Å². The average Bonchev–Trinajstić information content (AvgIpc) is 3.08. The van der Waals surface area contributed by atoms with Crippen LogP contribution in [-0.2, 0) is 21.8 Å². The van der Waals surface area contributed by atoms with Crippen LogP contribution in [0.15, 0.2) is 23.8 Å².